The Morgan fingerprint density at radius 1 is 1.38 bits per heavy atom. The molecule has 0 unspecified atom stereocenters. The Hall–Kier alpha value is -2.73. The molecule has 5 nitrogen and oxygen atoms in total. The molecule has 0 aliphatic rings. The van der Waals surface area contributed by atoms with Crippen molar-refractivity contribution in [1.82, 2.24) is 15.2 Å². The van der Waals surface area contributed by atoms with Crippen LogP contribution in [-0.2, 0) is 4.79 Å². The first-order valence-corrected chi connectivity index (χ1v) is 7.58. The summed E-state index contributed by atoms with van der Waals surface area (Å²) in [7, 11) is 0. The normalized spacial score (nSPS) is 11.3. The number of amides is 1. The number of H-pyrrole nitrogens is 1. The van der Waals surface area contributed by atoms with Gasteiger partial charge in [-0.15, -0.1) is 0 Å². The molecule has 1 aromatic carbocycles. The number of pyridine rings is 1. The van der Waals surface area contributed by atoms with Gasteiger partial charge in [-0.1, -0.05) is 17.7 Å². The molecule has 3 aromatic rings. The monoisotopic (exact) mass is 344 g/mol. The molecule has 7 heteroatoms. The van der Waals surface area contributed by atoms with Crippen LogP contribution in [0.25, 0.3) is 17.0 Å². The lowest BCUT2D eigenvalue weighted by Gasteiger charge is -2.09. The van der Waals surface area contributed by atoms with Crippen LogP contribution in [0, 0.1) is 19.7 Å². The summed E-state index contributed by atoms with van der Waals surface area (Å²) in [5.41, 5.74) is 2.90. The molecule has 3 rings (SSSR count). The average molecular weight is 345 g/mol. The second-order valence-corrected chi connectivity index (χ2v) is 5.69. The van der Waals surface area contributed by atoms with Crippen molar-refractivity contribution in [2.45, 2.75) is 13.8 Å². The lowest BCUT2D eigenvalue weighted by Crippen LogP contribution is -2.11. The maximum atomic E-state index is 13.6. The molecule has 0 fully saturated rings. The van der Waals surface area contributed by atoms with Gasteiger partial charge in [0.2, 0.25) is 5.91 Å². The maximum Gasteiger partial charge on any atom is 0.248 e. The molecule has 0 saturated carbocycles. The summed E-state index contributed by atoms with van der Waals surface area (Å²) in [5, 5.41) is 10.6. The number of hydrogen-bond donors (Lipinski definition) is 2. The number of carbonyl (C=O) groups is 1. The van der Waals surface area contributed by atoms with Crippen LogP contribution in [0.15, 0.2) is 30.5 Å². The average Bonchev–Trinajstić information content (AvgIpc) is 2.94. The number of nitrogens with one attached hydrogen (secondary N) is 2. The molecule has 2 aromatic heterocycles. The molecule has 2 N–H and O–H groups in total. The molecule has 0 aliphatic heterocycles. The van der Waals surface area contributed by atoms with Crippen LogP contribution in [0.2, 0.25) is 5.15 Å². The Balaban J connectivity index is 1.78. The van der Waals surface area contributed by atoms with E-state index in [2.05, 4.69) is 20.5 Å². The largest absolute Gasteiger partial charge is 0.321 e. The second-order valence-electron chi connectivity index (χ2n) is 5.33. The third kappa shape index (κ3) is 3.14. The molecule has 2 heterocycles. The van der Waals surface area contributed by atoms with E-state index in [4.69, 9.17) is 11.6 Å². The van der Waals surface area contributed by atoms with E-state index in [-0.39, 0.29) is 5.91 Å². The number of hydrogen-bond acceptors (Lipinski definition) is 3. The predicted molar refractivity (Wildman–Crippen MR) is 92.4 cm³/mol. The van der Waals surface area contributed by atoms with Crippen LogP contribution in [0.1, 0.15) is 16.8 Å². The Morgan fingerprint density at radius 3 is 2.96 bits per heavy atom. The Kier molecular flexibility index (Phi) is 4.31. The van der Waals surface area contributed by atoms with Crippen molar-refractivity contribution in [2.75, 3.05) is 5.32 Å². The summed E-state index contributed by atoms with van der Waals surface area (Å²) in [5.74, 6) is -0.821. The first-order chi connectivity index (χ1) is 11.5. The van der Waals surface area contributed by atoms with Crippen molar-refractivity contribution in [3.05, 3.63) is 58.3 Å². The zero-order valence-corrected chi connectivity index (χ0v) is 13.8. The van der Waals surface area contributed by atoms with Crippen LogP contribution >= 0.6 is 11.6 Å². The van der Waals surface area contributed by atoms with Gasteiger partial charge < -0.3 is 5.32 Å². The summed E-state index contributed by atoms with van der Waals surface area (Å²) in [6, 6.07) is 5.48. The molecule has 0 atom stereocenters. The predicted octanol–water partition coefficient (Wildman–Crippen LogP) is 4.02. The zero-order chi connectivity index (χ0) is 17.3. The molecule has 122 valence electrons. The van der Waals surface area contributed by atoms with Crippen LogP contribution in [0.5, 0.6) is 0 Å². The number of aromatic amines is 1. The van der Waals surface area contributed by atoms with E-state index in [1.807, 2.05) is 18.2 Å². The van der Waals surface area contributed by atoms with Crippen LogP contribution in [0.4, 0.5) is 10.1 Å². The fourth-order valence-electron chi connectivity index (χ4n) is 2.33. The van der Waals surface area contributed by atoms with Gasteiger partial charge in [-0.3, -0.25) is 14.9 Å². The zero-order valence-electron chi connectivity index (χ0n) is 13.0. The second kappa shape index (κ2) is 6.41. The first kappa shape index (κ1) is 16.1. The number of aromatic nitrogens is 3. The molecule has 24 heavy (non-hydrogen) atoms. The molecular formula is C17H14ClFN4O. The third-order valence-electron chi connectivity index (χ3n) is 3.68. The number of benzene rings is 1. The minimum absolute atomic E-state index is 0.359. The molecule has 0 radical (unpaired) electrons. The molecular weight excluding hydrogens is 331 g/mol. The number of rotatable bonds is 3. The van der Waals surface area contributed by atoms with E-state index < -0.39 is 5.82 Å². The maximum absolute atomic E-state index is 13.6. The number of aryl methyl sites for hydroxylation is 1. The molecule has 0 bridgehead atoms. The summed E-state index contributed by atoms with van der Waals surface area (Å²) < 4.78 is 13.6. The van der Waals surface area contributed by atoms with E-state index in [0.717, 1.165) is 22.7 Å². The van der Waals surface area contributed by atoms with E-state index in [0.29, 0.717) is 22.1 Å². The van der Waals surface area contributed by atoms with E-state index in [1.165, 1.54) is 6.08 Å². The number of anilines is 1. The lowest BCUT2D eigenvalue weighted by molar-refractivity contribution is -0.111. The standard InChI is InChI=1S/C17H14ClFN4O/c1-9-13(19)8-20-10(2)16(9)21-15(24)6-4-11-3-5-12-14(7-11)22-23-17(12)18/h3-8H,1-2H3,(H,21,24)(H,22,23)/b6-4+. The molecule has 0 saturated heterocycles. The van der Waals surface area contributed by atoms with Gasteiger partial charge in [0.05, 0.1) is 23.1 Å². The SMILES string of the molecule is Cc1ncc(F)c(C)c1NC(=O)/C=C/c1ccc2c(Cl)n[nH]c2c1. The minimum Gasteiger partial charge on any atom is -0.321 e. The van der Waals surface area contributed by atoms with E-state index in [1.54, 1.807) is 19.9 Å². The van der Waals surface area contributed by atoms with E-state index in [9.17, 15) is 9.18 Å². The van der Waals surface area contributed by atoms with Crippen LogP contribution in [0.3, 0.4) is 0 Å². The van der Waals surface area contributed by atoms with E-state index >= 15 is 0 Å². The third-order valence-corrected chi connectivity index (χ3v) is 3.97. The smallest absolute Gasteiger partial charge is 0.248 e. The van der Waals surface area contributed by atoms with Crippen molar-refractivity contribution in [2.24, 2.45) is 0 Å². The topological polar surface area (TPSA) is 70.7 Å². The summed E-state index contributed by atoms with van der Waals surface area (Å²) >= 11 is 5.92. The fraction of sp³-hybridized carbons (Fsp3) is 0.118. The Morgan fingerprint density at radius 2 is 2.17 bits per heavy atom. The quantitative estimate of drug-likeness (QED) is 0.705. The van der Waals surface area contributed by atoms with Crippen molar-refractivity contribution in [3.8, 4) is 0 Å². The minimum atomic E-state index is -0.457. The van der Waals surface area contributed by atoms with Gasteiger partial charge >= 0.3 is 0 Å². The van der Waals surface area contributed by atoms with Gasteiger partial charge in [0.25, 0.3) is 0 Å². The summed E-state index contributed by atoms with van der Waals surface area (Å²) in [6.07, 6.45) is 4.17. The number of nitrogens with zero attached hydrogens (tertiary/aromatic N) is 2. The molecule has 0 spiro atoms. The Labute approximate surface area is 142 Å². The summed E-state index contributed by atoms with van der Waals surface area (Å²) in [4.78, 5) is 16.0. The fourth-order valence-corrected chi connectivity index (χ4v) is 2.54. The van der Waals surface area contributed by atoms with Crippen molar-refractivity contribution in [3.63, 3.8) is 0 Å². The molecule has 0 aliphatic carbocycles. The van der Waals surface area contributed by atoms with Gasteiger partial charge in [-0.05, 0) is 37.6 Å². The number of carbonyl (C=O) groups excluding carboxylic acids is 1. The van der Waals surface area contributed by atoms with Gasteiger partial charge in [0, 0.05) is 17.0 Å². The van der Waals surface area contributed by atoms with Crippen LogP contribution in [-0.4, -0.2) is 21.1 Å². The number of fused-ring (bicyclic) bond motifs is 1. The van der Waals surface area contributed by atoms with Crippen molar-refractivity contribution >= 4 is 40.2 Å². The van der Waals surface area contributed by atoms with Gasteiger partial charge in [-0.25, -0.2) is 4.39 Å². The lowest BCUT2D eigenvalue weighted by atomic mass is 10.1. The van der Waals surface area contributed by atoms with Crippen molar-refractivity contribution in [1.29, 1.82) is 0 Å². The van der Waals surface area contributed by atoms with Gasteiger partial charge in [0.1, 0.15) is 5.82 Å². The number of halogens is 2. The first-order valence-electron chi connectivity index (χ1n) is 7.20. The van der Waals surface area contributed by atoms with Crippen molar-refractivity contribution < 1.29 is 9.18 Å². The van der Waals surface area contributed by atoms with Gasteiger partial charge in [0.15, 0.2) is 5.15 Å². The highest BCUT2D eigenvalue weighted by Crippen LogP contribution is 2.22. The highest BCUT2D eigenvalue weighted by atomic mass is 35.5. The Bertz CT molecular complexity index is 965. The van der Waals surface area contributed by atoms with Crippen LogP contribution < -0.4 is 5.32 Å². The van der Waals surface area contributed by atoms with Gasteiger partial charge in [-0.2, -0.15) is 5.10 Å². The highest BCUT2D eigenvalue weighted by molar-refractivity contribution is 6.34. The molecule has 1 amide bonds. The summed E-state index contributed by atoms with van der Waals surface area (Å²) in [6.45, 7) is 3.31. The highest BCUT2D eigenvalue weighted by Gasteiger charge is 2.10.